The minimum absolute atomic E-state index is 0.203. The average molecular weight is 459 g/mol. The van der Waals surface area contributed by atoms with Crippen molar-refractivity contribution in [2.75, 3.05) is 55.3 Å². The van der Waals surface area contributed by atoms with Crippen LogP contribution in [0.5, 0.6) is 0 Å². The fourth-order valence-electron chi connectivity index (χ4n) is 3.44. The molecule has 30 heavy (non-hydrogen) atoms. The number of halogens is 1. The zero-order chi connectivity index (χ0) is 22.1. The fraction of sp³-hybridized carbons (Fsp3) is 0.579. The number of anilines is 2. The van der Waals surface area contributed by atoms with Gasteiger partial charge in [-0.3, -0.25) is 4.90 Å². The molecule has 3 rings (SSSR count). The molecule has 1 amide bonds. The Balaban J connectivity index is 1.63. The quantitative estimate of drug-likeness (QED) is 0.651. The van der Waals surface area contributed by atoms with Gasteiger partial charge in [-0.15, -0.1) is 0 Å². The predicted molar refractivity (Wildman–Crippen MR) is 118 cm³/mol. The molecule has 166 valence electrons. The number of nitrogens with one attached hydrogen (secondary N) is 1. The van der Waals surface area contributed by atoms with Crippen molar-refractivity contribution in [2.45, 2.75) is 20.0 Å². The lowest BCUT2D eigenvalue weighted by molar-refractivity contribution is 0.143. The van der Waals surface area contributed by atoms with Gasteiger partial charge in [0.1, 0.15) is 11.9 Å². The Kier molecular flexibility index (Phi) is 6.83. The minimum atomic E-state index is -3.24. The minimum Gasteiger partial charge on any atom is -0.442 e. The number of ether oxygens (including phenoxy) is 1. The van der Waals surface area contributed by atoms with E-state index in [0.717, 1.165) is 0 Å². The molecular weight excluding hydrogens is 431 g/mol. The lowest BCUT2D eigenvalue weighted by Crippen LogP contribution is -2.48. The van der Waals surface area contributed by atoms with Gasteiger partial charge < -0.3 is 15.0 Å². The number of carbonyl (C=O) groups is 1. The second-order valence-electron chi connectivity index (χ2n) is 7.80. The fourth-order valence-corrected chi connectivity index (χ4v) is 4.35. The van der Waals surface area contributed by atoms with E-state index in [0.29, 0.717) is 55.6 Å². The first-order valence-electron chi connectivity index (χ1n) is 9.81. The molecule has 1 N–H and O–H groups in total. The number of benzene rings is 1. The van der Waals surface area contributed by atoms with Crippen LogP contribution in [0.25, 0.3) is 0 Å². The second-order valence-corrected chi connectivity index (χ2v) is 10.2. The van der Waals surface area contributed by atoms with E-state index in [1.165, 1.54) is 21.5 Å². The third-order valence-electron chi connectivity index (χ3n) is 5.19. The summed E-state index contributed by atoms with van der Waals surface area (Å²) in [6.45, 7) is 6.10. The normalized spacial score (nSPS) is 20.6. The molecule has 2 aliphatic heterocycles. The third-order valence-corrected chi connectivity index (χ3v) is 7.11. The molecule has 2 saturated heterocycles. The van der Waals surface area contributed by atoms with Crippen LogP contribution >= 0.6 is 12.2 Å². The molecule has 2 heterocycles. The van der Waals surface area contributed by atoms with Gasteiger partial charge in [0.05, 0.1) is 35.7 Å². The maximum absolute atomic E-state index is 14.8. The van der Waals surface area contributed by atoms with E-state index in [9.17, 15) is 17.6 Å². The zero-order valence-electron chi connectivity index (χ0n) is 17.3. The van der Waals surface area contributed by atoms with Crippen LogP contribution in [0.2, 0.25) is 0 Å². The average Bonchev–Trinajstić information content (AvgIpc) is 3.06. The number of piperazine rings is 1. The van der Waals surface area contributed by atoms with Crippen LogP contribution in [0.15, 0.2) is 18.2 Å². The van der Waals surface area contributed by atoms with E-state index < -0.39 is 21.9 Å². The number of thiocarbonyl (C=S) groups is 1. The smallest absolute Gasteiger partial charge is 0.414 e. The molecule has 0 aliphatic carbocycles. The number of nitrogens with zero attached hydrogens (tertiary/aromatic N) is 3. The van der Waals surface area contributed by atoms with Gasteiger partial charge in [0.2, 0.25) is 10.0 Å². The van der Waals surface area contributed by atoms with Crippen LogP contribution in [0.4, 0.5) is 20.6 Å². The van der Waals surface area contributed by atoms with Crippen LogP contribution in [0.3, 0.4) is 0 Å². The van der Waals surface area contributed by atoms with Gasteiger partial charge in [0.25, 0.3) is 0 Å². The monoisotopic (exact) mass is 458 g/mol. The molecule has 1 atom stereocenters. The van der Waals surface area contributed by atoms with E-state index in [2.05, 4.69) is 5.32 Å². The van der Waals surface area contributed by atoms with Gasteiger partial charge in [0.15, 0.2) is 0 Å². The Morgan fingerprint density at radius 1 is 1.30 bits per heavy atom. The van der Waals surface area contributed by atoms with Crippen molar-refractivity contribution in [1.82, 2.24) is 9.62 Å². The molecule has 2 fully saturated rings. The van der Waals surface area contributed by atoms with E-state index >= 15 is 0 Å². The Labute approximate surface area is 182 Å². The standard InChI is InChI=1S/C19H27FN4O4S2/c1-13(2)18(29)21-11-15-12-24(19(25)28-15)14-4-5-17(16(20)10-14)22-6-8-23(9-7-22)30(3,26)27/h4-5,10,13,15H,6-9,11-12H2,1-3H3,(H,21,29)/t15-/m0/s1. The van der Waals surface area contributed by atoms with E-state index in [1.807, 2.05) is 18.7 Å². The molecule has 8 nitrogen and oxygen atoms in total. The van der Waals surface area contributed by atoms with Crippen LogP contribution < -0.4 is 15.1 Å². The number of sulfonamides is 1. The van der Waals surface area contributed by atoms with Crippen LogP contribution in [0.1, 0.15) is 13.8 Å². The number of hydrogen-bond donors (Lipinski definition) is 1. The van der Waals surface area contributed by atoms with E-state index in [-0.39, 0.29) is 12.0 Å². The highest BCUT2D eigenvalue weighted by Crippen LogP contribution is 2.28. The molecule has 2 aliphatic rings. The molecule has 1 aromatic carbocycles. The van der Waals surface area contributed by atoms with Crippen molar-refractivity contribution in [3.8, 4) is 0 Å². The summed E-state index contributed by atoms with van der Waals surface area (Å²) >= 11 is 5.23. The number of amides is 1. The summed E-state index contributed by atoms with van der Waals surface area (Å²) in [6.07, 6.45) is 0.277. The summed E-state index contributed by atoms with van der Waals surface area (Å²) in [5, 5.41) is 3.09. The highest BCUT2D eigenvalue weighted by atomic mass is 32.2. The SMILES string of the molecule is CC(C)C(=S)NC[C@H]1CN(c2ccc(N3CCN(S(C)(=O)=O)CC3)c(F)c2)C(=O)O1. The molecule has 0 radical (unpaired) electrons. The lowest BCUT2D eigenvalue weighted by atomic mass is 10.2. The first-order valence-corrected chi connectivity index (χ1v) is 12.1. The highest BCUT2D eigenvalue weighted by Gasteiger charge is 2.33. The van der Waals surface area contributed by atoms with Crippen molar-refractivity contribution >= 4 is 44.7 Å². The number of carbonyl (C=O) groups excluding carboxylic acids is 1. The highest BCUT2D eigenvalue weighted by molar-refractivity contribution is 7.88. The van der Waals surface area contributed by atoms with Crippen molar-refractivity contribution in [1.29, 1.82) is 0 Å². The lowest BCUT2D eigenvalue weighted by Gasteiger charge is -2.35. The van der Waals surface area contributed by atoms with Crippen molar-refractivity contribution in [3.63, 3.8) is 0 Å². The van der Waals surface area contributed by atoms with Gasteiger partial charge in [-0.1, -0.05) is 26.1 Å². The Bertz CT molecular complexity index is 917. The molecule has 0 aromatic heterocycles. The molecule has 1 aromatic rings. The number of cyclic esters (lactones) is 1. The van der Waals surface area contributed by atoms with Crippen LogP contribution in [-0.4, -0.2) is 75.4 Å². The third kappa shape index (κ3) is 5.19. The second kappa shape index (κ2) is 9.03. The Hall–Kier alpha value is -1.98. The maximum atomic E-state index is 14.8. The Morgan fingerprint density at radius 2 is 1.97 bits per heavy atom. The maximum Gasteiger partial charge on any atom is 0.414 e. The van der Waals surface area contributed by atoms with Gasteiger partial charge in [-0.2, -0.15) is 4.31 Å². The van der Waals surface area contributed by atoms with Gasteiger partial charge in [0, 0.05) is 32.1 Å². The van der Waals surface area contributed by atoms with Crippen molar-refractivity contribution in [2.24, 2.45) is 5.92 Å². The van der Waals surface area contributed by atoms with Gasteiger partial charge >= 0.3 is 6.09 Å². The summed E-state index contributed by atoms with van der Waals surface area (Å²) in [5.41, 5.74) is 0.810. The zero-order valence-corrected chi connectivity index (χ0v) is 18.9. The largest absolute Gasteiger partial charge is 0.442 e. The first kappa shape index (κ1) is 22.7. The first-order chi connectivity index (χ1) is 14.1. The summed E-state index contributed by atoms with van der Waals surface area (Å²) in [7, 11) is -3.24. The number of rotatable bonds is 6. The molecule has 0 saturated carbocycles. The van der Waals surface area contributed by atoms with Crippen LogP contribution in [-0.2, 0) is 14.8 Å². The van der Waals surface area contributed by atoms with Gasteiger partial charge in [-0.25, -0.2) is 17.6 Å². The van der Waals surface area contributed by atoms with Crippen molar-refractivity contribution < 1.29 is 22.3 Å². The van der Waals surface area contributed by atoms with Crippen molar-refractivity contribution in [3.05, 3.63) is 24.0 Å². The topological polar surface area (TPSA) is 82.2 Å². The van der Waals surface area contributed by atoms with E-state index in [1.54, 1.807) is 12.1 Å². The summed E-state index contributed by atoms with van der Waals surface area (Å²) in [4.78, 5) is 16.2. The van der Waals surface area contributed by atoms with Gasteiger partial charge in [-0.05, 0) is 18.2 Å². The molecular formula is C19H27FN4O4S2. The molecule has 0 unspecified atom stereocenters. The Morgan fingerprint density at radius 3 is 2.53 bits per heavy atom. The summed E-state index contributed by atoms with van der Waals surface area (Å²) in [6, 6.07) is 4.61. The number of hydrogen-bond acceptors (Lipinski definition) is 6. The van der Waals surface area contributed by atoms with Crippen LogP contribution in [0, 0.1) is 11.7 Å². The molecule has 0 bridgehead atoms. The predicted octanol–water partition coefficient (Wildman–Crippen LogP) is 1.81. The molecule has 11 heteroatoms. The molecule has 0 spiro atoms. The van der Waals surface area contributed by atoms with E-state index in [4.69, 9.17) is 17.0 Å². The summed E-state index contributed by atoms with van der Waals surface area (Å²) < 4.78 is 44.8. The summed E-state index contributed by atoms with van der Waals surface area (Å²) in [5.74, 6) is -0.259.